The summed E-state index contributed by atoms with van der Waals surface area (Å²) in [5, 5.41) is 11.1. The summed E-state index contributed by atoms with van der Waals surface area (Å²) in [6.07, 6.45) is -2.20. The third-order valence-electron chi connectivity index (χ3n) is 8.46. The van der Waals surface area contributed by atoms with Gasteiger partial charge in [-0.25, -0.2) is 19.1 Å². The number of benzene rings is 3. The van der Waals surface area contributed by atoms with Crippen LogP contribution in [0.1, 0.15) is 40.9 Å². The Bertz CT molecular complexity index is 2050. The summed E-state index contributed by atoms with van der Waals surface area (Å²) in [5.41, 5.74) is 0.225. The third-order valence-corrected chi connectivity index (χ3v) is 8.46. The molecule has 0 unspecified atom stereocenters. The molecule has 5 aromatic rings. The van der Waals surface area contributed by atoms with Gasteiger partial charge in [-0.3, -0.25) is 9.59 Å². The van der Waals surface area contributed by atoms with Crippen LogP contribution in [0, 0.1) is 0 Å². The van der Waals surface area contributed by atoms with Crippen molar-refractivity contribution in [2.45, 2.75) is 31.9 Å². The first kappa shape index (κ1) is 30.0. The number of aromatic nitrogens is 5. The fourth-order valence-corrected chi connectivity index (χ4v) is 6.18. The second kappa shape index (κ2) is 11.6. The zero-order chi connectivity index (χ0) is 32.9. The van der Waals surface area contributed by atoms with Crippen LogP contribution in [0.15, 0.2) is 77.6 Å². The Hall–Kier alpha value is -5.66. The highest BCUT2D eigenvalue weighted by molar-refractivity contribution is 6.08. The van der Waals surface area contributed by atoms with Gasteiger partial charge in [-0.05, 0) is 79.9 Å². The van der Waals surface area contributed by atoms with Gasteiger partial charge in [-0.2, -0.15) is 23.4 Å². The number of aromatic amines is 1. The summed E-state index contributed by atoms with van der Waals surface area (Å²) >= 11 is 0. The molecule has 0 saturated carbocycles. The van der Waals surface area contributed by atoms with Crippen molar-refractivity contribution in [2.75, 3.05) is 30.0 Å². The second-order valence-corrected chi connectivity index (χ2v) is 11.2. The lowest BCUT2D eigenvalue weighted by Gasteiger charge is -2.29. The van der Waals surface area contributed by atoms with E-state index in [2.05, 4.69) is 10.2 Å². The summed E-state index contributed by atoms with van der Waals surface area (Å²) < 4.78 is 49.6. The van der Waals surface area contributed by atoms with Crippen molar-refractivity contribution in [3.63, 3.8) is 0 Å². The lowest BCUT2D eigenvalue weighted by molar-refractivity contribution is -0.137. The molecule has 240 valence electrons. The zero-order valence-corrected chi connectivity index (χ0v) is 25.1. The molecule has 2 amide bonds. The minimum Gasteiger partial charge on any atom is -0.497 e. The number of rotatable bonds is 6. The molecule has 11 nitrogen and oxygen atoms in total. The second-order valence-electron chi connectivity index (χ2n) is 11.2. The molecule has 2 aliphatic rings. The fraction of sp³-hybridized carbons (Fsp3) is 0.242. The van der Waals surface area contributed by atoms with Crippen molar-refractivity contribution in [3.05, 3.63) is 100 Å². The van der Waals surface area contributed by atoms with Crippen molar-refractivity contribution in [3.8, 4) is 28.6 Å². The molecule has 0 spiro atoms. The Kier molecular flexibility index (Phi) is 7.41. The van der Waals surface area contributed by atoms with E-state index in [1.54, 1.807) is 46.2 Å². The van der Waals surface area contributed by atoms with Crippen LogP contribution in [-0.4, -0.2) is 56.6 Å². The largest absolute Gasteiger partial charge is 0.497 e. The molecular weight excluding hydrogens is 615 g/mol. The number of nitrogens with one attached hydrogen (secondary N) is 1. The highest BCUT2D eigenvalue weighted by Gasteiger charge is 2.38. The number of hydrogen-bond acceptors (Lipinski definition) is 6. The number of amides is 2. The number of anilines is 2. The van der Waals surface area contributed by atoms with Crippen LogP contribution in [0.5, 0.6) is 5.75 Å². The topological polar surface area (TPSA) is 118 Å². The highest BCUT2D eigenvalue weighted by atomic mass is 19.4. The molecule has 3 aromatic carbocycles. The number of alkyl halides is 3. The van der Waals surface area contributed by atoms with Gasteiger partial charge < -0.3 is 14.5 Å². The fourth-order valence-electron chi connectivity index (χ4n) is 6.18. The predicted molar refractivity (Wildman–Crippen MR) is 166 cm³/mol. The normalized spacial score (nSPS) is 15.2. The first-order valence-corrected chi connectivity index (χ1v) is 15.0. The van der Waals surface area contributed by atoms with Crippen molar-refractivity contribution in [2.24, 2.45) is 0 Å². The van der Waals surface area contributed by atoms with Crippen LogP contribution in [0.4, 0.5) is 24.5 Å². The molecule has 0 bridgehead atoms. The maximum absolute atomic E-state index is 14.3. The first-order chi connectivity index (χ1) is 22.7. The zero-order valence-electron chi connectivity index (χ0n) is 25.1. The van der Waals surface area contributed by atoms with E-state index in [9.17, 15) is 27.6 Å². The summed E-state index contributed by atoms with van der Waals surface area (Å²) in [5.74, 6) is 0.0724. The number of ether oxygens (including phenoxy) is 1. The van der Waals surface area contributed by atoms with Gasteiger partial charge in [0.2, 0.25) is 5.91 Å². The summed E-state index contributed by atoms with van der Waals surface area (Å²) in [6, 6.07) is 18.7. The van der Waals surface area contributed by atoms with E-state index in [-0.39, 0.29) is 36.1 Å². The monoisotopic (exact) mass is 643 g/mol. The van der Waals surface area contributed by atoms with Gasteiger partial charge in [-0.15, -0.1) is 0 Å². The van der Waals surface area contributed by atoms with E-state index in [0.717, 1.165) is 29.2 Å². The van der Waals surface area contributed by atoms with Crippen molar-refractivity contribution < 1.29 is 27.5 Å². The average molecular weight is 644 g/mol. The minimum atomic E-state index is -4.75. The molecule has 0 atom stereocenters. The van der Waals surface area contributed by atoms with Crippen LogP contribution in [0.2, 0.25) is 0 Å². The van der Waals surface area contributed by atoms with Crippen molar-refractivity contribution in [1.29, 1.82) is 0 Å². The quantitative estimate of drug-likeness (QED) is 0.273. The van der Waals surface area contributed by atoms with E-state index >= 15 is 0 Å². The lowest BCUT2D eigenvalue weighted by Crippen LogP contribution is -2.39. The molecule has 1 fully saturated rings. The maximum atomic E-state index is 14.3. The molecule has 7 rings (SSSR count). The predicted octanol–water partition coefficient (Wildman–Crippen LogP) is 5.16. The van der Waals surface area contributed by atoms with E-state index in [1.165, 1.54) is 30.0 Å². The summed E-state index contributed by atoms with van der Waals surface area (Å²) in [7, 11) is 1.52. The molecule has 14 heteroatoms. The average Bonchev–Trinajstić information content (AvgIpc) is 3.66. The Morgan fingerprint density at radius 2 is 1.49 bits per heavy atom. The Balaban J connectivity index is 1.34. The van der Waals surface area contributed by atoms with Crippen LogP contribution in [0.25, 0.3) is 22.9 Å². The number of carbonyl (C=O) groups is 2. The number of piperidine rings is 1. The van der Waals surface area contributed by atoms with Crippen molar-refractivity contribution >= 4 is 23.2 Å². The standard InChI is InChI=1S/C33H28F3N7O4/c1-47-23-15-13-22(14-16-23)43-29-24(17-19-41(31(29)45)21-11-9-20(10-12-21)40-18-5-4-8-27(40)44)28(39-43)30-37-38-32(46)42(30)26-7-3-2-6-25(26)33(34,35)36/h2-3,6-7,9-16H,4-5,8,17-19H2,1H3,(H,38,46). The van der Waals surface area contributed by atoms with Gasteiger partial charge in [-0.1, -0.05) is 12.1 Å². The molecule has 0 radical (unpaired) electrons. The van der Waals surface area contributed by atoms with Crippen molar-refractivity contribution in [1.82, 2.24) is 24.5 Å². The molecule has 2 aromatic heterocycles. The third kappa shape index (κ3) is 5.24. The Morgan fingerprint density at radius 3 is 2.17 bits per heavy atom. The van der Waals surface area contributed by atoms with Gasteiger partial charge in [0.05, 0.1) is 24.0 Å². The number of hydrogen-bond donors (Lipinski definition) is 1. The van der Waals surface area contributed by atoms with Crippen LogP contribution in [0.3, 0.4) is 0 Å². The van der Waals surface area contributed by atoms with Crippen LogP contribution < -0.4 is 20.2 Å². The number of carbonyl (C=O) groups excluding carboxylic acids is 2. The SMILES string of the molecule is COc1ccc(-n2nc(-c3n[nH]c(=O)n3-c3ccccc3C(F)(F)F)c3c2C(=O)N(c2ccc(N4CCCCC4=O)cc2)CC3)cc1. The molecule has 1 N–H and O–H groups in total. The van der Waals surface area contributed by atoms with Gasteiger partial charge in [0.15, 0.2) is 5.82 Å². The molecule has 2 aliphatic heterocycles. The number of nitrogens with zero attached hydrogens (tertiary/aromatic N) is 6. The Morgan fingerprint density at radius 1 is 0.809 bits per heavy atom. The molecule has 47 heavy (non-hydrogen) atoms. The summed E-state index contributed by atoms with van der Waals surface area (Å²) in [4.78, 5) is 43.1. The molecule has 0 aliphatic carbocycles. The molecule has 1 saturated heterocycles. The minimum absolute atomic E-state index is 0.0633. The van der Waals surface area contributed by atoms with Gasteiger partial charge >= 0.3 is 11.9 Å². The maximum Gasteiger partial charge on any atom is 0.418 e. The van der Waals surface area contributed by atoms with Gasteiger partial charge in [0.25, 0.3) is 5.91 Å². The van der Waals surface area contributed by atoms with E-state index < -0.39 is 29.0 Å². The number of methoxy groups -OCH3 is 1. The smallest absolute Gasteiger partial charge is 0.418 e. The van der Waals surface area contributed by atoms with Crippen LogP contribution in [-0.2, 0) is 17.4 Å². The molecule has 4 heterocycles. The van der Waals surface area contributed by atoms with E-state index in [0.29, 0.717) is 35.7 Å². The van der Waals surface area contributed by atoms with Gasteiger partial charge in [0.1, 0.15) is 17.1 Å². The number of halogens is 3. The number of para-hydroxylation sites is 1. The van der Waals surface area contributed by atoms with E-state index in [1.807, 2.05) is 12.1 Å². The first-order valence-electron chi connectivity index (χ1n) is 15.0. The lowest BCUT2D eigenvalue weighted by atomic mass is 10.0. The van der Waals surface area contributed by atoms with Crippen LogP contribution >= 0.6 is 0 Å². The van der Waals surface area contributed by atoms with Gasteiger partial charge in [0, 0.05) is 36.4 Å². The Labute approximate surface area is 265 Å². The molecular formula is C33H28F3N7O4. The number of H-pyrrole nitrogens is 1. The summed E-state index contributed by atoms with van der Waals surface area (Å²) in [6.45, 7) is 0.864. The highest BCUT2D eigenvalue weighted by Crippen LogP contribution is 2.37. The number of fused-ring (bicyclic) bond motifs is 1. The van der Waals surface area contributed by atoms with E-state index in [4.69, 9.17) is 9.84 Å².